The Bertz CT molecular complexity index is 989. The van der Waals surface area contributed by atoms with E-state index in [0.717, 1.165) is 22.9 Å². The number of hydrogen-bond donors (Lipinski definition) is 2. The molecule has 1 unspecified atom stereocenters. The molecule has 0 saturated heterocycles. The van der Waals surface area contributed by atoms with Crippen LogP contribution in [0.5, 0.6) is 11.5 Å². The molecule has 0 radical (unpaired) electrons. The van der Waals surface area contributed by atoms with Crippen LogP contribution < -0.4 is 14.8 Å². The Morgan fingerprint density at radius 3 is 2.34 bits per heavy atom. The van der Waals surface area contributed by atoms with Gasteiger partial charge in [0.2, 0.25) is 5.75 Å². The first-order valence-electron chi connectivity index (χ1n) is 10.6. The number of amides is 1. The molecule has 2 N–H and O–H groups in total. The molecule has 1 aromatic carbocycles. The van der Waals surface area contributed by atoms with Crippen molar-refractivity contribution in [2.45, 2.75) is 59.6 Å². The molecule has 8 heteroatoms. The number of pyridine rings is 1. The third kappa shape index (κ3) is 5.49. The van der Waals surface area contributed by atoms with E-state index in [4.69, 9.17) is 9.47 Å². The molecule has 8 nitrogen and oxygen atoms in total. The van der Waals surface area contributed by atoms with Crippen LogP contribution in [0, 0.1) is 25.0 Å². The molecule has 32 heavy (non-hydrogen) atoms. The highest BCUT2D eigenvalue weighted by Gasteiger charge is 2.31. The van der Waals surface area contributed by atoms with Crippen molar-refractivity contribution < 1.29 is 28.9 Å². The second-order valence-electron chi connectivity index (χ2n) is 8.37. The summed E-state index contributed by atoms with van der Waals surface area (Å²) in [5, 5.41) is 24.5. The van der Waals surface area contributed by atoms with E-state index in [1.807, 2.05) is 26.8 Å². The van der Waals surface area contributed by atoms with Crippen LogP contribution in [0.2, 0.25) is 0 Å². The van der Waals surface area contributed by atoms with Crippen LogP contribution in [0.25, 0.3) is 0 Å². The number of carbonyl (C=O) groups is 2. The fourth-order valence-corrected chi connectivity index (χ4v) is 3.92. The van der Waals surface area contributed by atoms with Gasteiger partial charge in [-0.3, -0.25) is 4.79 Å². The fourth-order valence-electron chi connectivity index (χ4n) is 3.92. The summed E-state index contributed by atoms with van der Waals surface area (Å²) in [6, 6.07) is 6.39. The minimum atomic E-state index is -1.04. The van der Waals surface area contributed by atoms with Gasteiger partial charge in [0.1, 0.15) is 12.1 Å². The Labute approximate surface area is 188 Å². The Morgan fingerprint density at radius 1 is 1.12 bits per heavy atom. The highest BCUT2D eigenvalue weighted by atomic mass is 16.5. The lowest BCUT2D eigenvalue weighted by atomic mass is 9.82. The van der Waals surface area contributed by atoms with Crippen molar-refractivity contribution in [3.8, 4) is 11.5 Å². The van der Waals surface area contributed by atoms with Crippen LogP contribution in [0.4, 0.5) is 0 Å². The van der Waals surface area contributed by atoms with Gasteiger partial charge in [-0.1, -0.05) is 37.6 Å². The van der Waals surface area contributed by atoms with Gasteiger partial charge in [-0.2, -0.15) is 4.73 Å². The van der Waals surface area contributed by atoms with Crippen LogP contribution in [0.1, 0.15) is 60.8 Å². The van der Waals surface area contributed by atoms with E-state index in [1.54, 1.807) is 0 Å². The maximum absolute atomic E-state index is 12.7. The van der Waals surface area contributed by atoms with Crippen molar-refractivity contribution in [1.82, 2.24) is 5.32 Å². The highest BCUT2D eigenvalue weighted by Crippen LogP contribution is 2.32. The summed E-state index contributed by atoms with van der Waals surface area (Å²) in [6.45, 7) is 11.5. The zero-order valence-electron chi connectivity index (χ0n) is 19.6. The Morgan fingerprint density at radius 2 is 1.78 bits per heavy atom. The largest absolute Gasteiger partial charge is 0.618 e. The summed E-state index contributed by atoms with van der Waals surface area (Å²) in [4.78, 5) is 25.2. The van der Waals surface area contributed by atoms with Gasteiger partial charge in [0.25, 0.3) is 0 Å². The fraction of sp³-hybridized carbons (Fsp3) is 0.458. The number of hydrogen-bond acceptors (Lipinski definition) is 6. The molecule has 1 heterocycles. The second kappa shape index (κ2) is 10.3. The van der Waals surface area contributed by atoms with E-state index >= 15 is 0 Å². The predicted molar refractivity (Wildman–Crippen MR) is 120 cm³/mol. The van der Waals surface area contributed by atoms with E-state index in [9.17, 15) is 19.9 Å². The normalized spacial score (nSPS) is 13.9. The van der Waals surface area contributed by atoms with Crippen LogP contribution >= 0.6 is 0 Å². The van der Waals surface area contributed by atoms with E-state index in [-0.39, 0.29) is 22.3 Å². The number of nitrogens with one attached hydrogen (secondary N) is 1. The SMILES string of the molecule is COc1cc[n+]([O-])c(C(=O)NC(C)C(=O)O[C@@H](C)[C@@H](c2ccc(C)cc2C)C(C)C)c1O. The van der Waals surface area contributed by atoms with E-state index in [1.165, 1.54) is 20.1 Å². The number of aryl methyl sites for hydroxylation is 2. The summed E-state index contributed by atoms with van der Waals surface area (Å²) >= 11 is 0. The van der Waals surface area contributed by atoms with Crippen molar-refractivity contribution >= 4 is 11.9 Å². The number of aromatic nitrogens is 1. The van der Waals surface area contributed by atoms with Crippen LogP contribution in [0.3, 0.4) is 0 Å². The molecule has 1 aromatic heterocycles. The van der Waals surface area contributed by atoms with E-state index < -0.39 is 35.5 Å². The monoisotopic (exact) mass is 444 g/mol. The average molecular weight is 445 g/mol. The Balaban J connectivity index is 2.15. The molecule has 0 bridgehead atoms. The van der Waals surface area contributed by atoms with Crippen molar-refractivity contribution in [1.29, 1.82) is 0 Å². The topological polar surface area (TPSA) is 112 Å². The molecule has 1 amide bonds. The number of rotatable bonds is 8. The number of benzene rings is 1. The maximum Gasteiger partial charge on any atom is 0.328 e. The minimum absolute atomic E-state index is 0.0284. The first-order valence-corrected chi connectivity index (χ1v) is 10.6. The smallest absolute Gasteiger partial charge is 0.328 e. The molecular weight excluding hydrogens is 412 g/mol. The second-order valence-corrected chi connectivity index (χ2v) is 8.37. The molecule has 3 atom stereocenters. The van der Waals surface area contributed by atoms with Gasteiger partial charge in [0, 0.05) is 12.0 Å². The summed E-state index contributed by atoms with van der Waals surface area (Å²) < 4.78 is 10.8. The summed E-state index contributed by atoms with van der Waals surface area (Å²) in [6.07, 6.45) is 0.591. The molecule has 2 aromatic rings. The first kappa shape index (κ1) is 25.0. The lowest BCUT2D eigenvalue weighted by molar-refractivity contribution is -0.608. The predicted octanol–water partition coefficient (Wildman–Crippen LogP) is 3.14. The maximum atomic E-state index is 12.7. The lowest BCUT2D eigenvalue weighted by Gasteiger charge is -2.30. The number of nitrogens with zero attached hydrogens (tertiary/aromatic N) is 1. The van der Waals surface area contributed by atoms with Crippen molar-refractivity contribution in [3.05, 3.63) is 58.1 Å². The van der Waals surface area contributed by atoms with Crippen LogP contribution in [0.15, 0.2) is 30.5 Å². The number of esters is 1. The first-order chi connectivity index (χ1) is 15.0. The van der Waals surface area contributed by atoms with E-state index in [0.29, 0.717) is 0 Å². The zero-order chi connectivity index (χ0) is 24.2. The number of methoxy groups -OCH3 is 1. The minimum Gasteiger partial charge on any atom is -0.618 e. The third-order valence-electron chi connectivity index (χ3n) is 5.49. The van der Waals surface area contributed by atoms with Gasteiger partial charge >= 0.3 is 17.6 Å². The van der Waals surface area contributed by atoms with E-state index in [2.05, 4.69) is 31.3 Å². The zero-order valence-corrected chi connectivity index (χ0v) is 19.6. The Hall–Kier alpha value is -3.29. The highest BCUT2D eigenvalue weighted by molar-refractivity contribution is 5.96. The number of carbonyl (C=O) groups excluding carboxylic acids is 2. The van der Waals surface area contributed by atoms with Gasteiger partial charge in [-0.05, 0) is 44.7 Å². The molecule has 0 aliphatic heterocycles. The van der Waals surface area contributed by atoms with Gasteiger partial charge in [0.05, 0.1) is 7.11 Å². The van der Waals surface area contributed by atoms with Crippen LogP contribution in [-0.2, 0) is 9.53 Å². The van der Waals surface area contributed by atoms with Gasteiger partial charge in [-0.25, -0.2) is 4.79 Å². The van der Waals surface area contributed by atoms with Crippen molar-refractivity contribution in [3.63, 3.8) is 0 Å². The van der Waals surface area contributed by atoms with Gasteiger partial charge in [0.15, 0.2) is 11.9 Å². The molecule has 2 rings (SSSR count). The third-order valence-corrected chi connectivity index (χ3v) is 5.49. The van der Waals surface area contributed by atoms with Crippen LogP contribution in [-0.4, -0.2) is 36.2 Å². The standard InChI is InChI=1S/C24H32N2O6/c1-13(2)20(18-9-8-14(3)12-15(18)4)17(6)32-24(29)16(5)25-23(28)21-22(27)19(31-7)10-11-26(21)30/h8-13,16-17,20,27H,1-7H3,(H,25,28)/t16?,17-,20-/m0/s1. The Kier molecular flexibility index (Phi) is 8.08. The quantitative estimate of drug-likeness (QED) is 0.368. The average Bonchev–Trinajstić information content (AvgIpc) is 2.69. The molecule has 174 valence electrons. The number of ether oxygens (including phenoxy) is 2. The molecule has 0 aliphatic carbocycles. The molecule has 0 spiro atoms. The summed E-state index contributed by atoms with van der Waals surface area (Å²) in [5.74, 6) is -2.01. The van der Waals surface area contributed by atoms with Gasteiger partial charge < -0.3 is 25.1 Å². The lowest BCUT2D eigenvalue weighted by Crippen LogP contribution is -2.46. The number of aromatic hydroxyl groups is 1. The molecular formula is C24H32N2O6. The molecule has 0 fully saturated rings. The molecule has 0 aliphatic rings. The molecule has 0 saturated carbocycles. The van der Waals surface area contributed by atoms with Crippen molar-refractivity contribution in [2.75, 3.05) is 7.11 Å². The summed E-state index contributed by atoms with van der Waals surface area (Å²) in [7, 11) is 1.30. The van der Waals surface area contributed by atoms with Crippen molar-refractivity contribution in [2.24, 2.45) is 5.92 Å². The van der Waals surface area contributed by atoms with Gasteiger partial charge in [-0.15, -0.1) is 0 Å². The summed E-state index contributed by atoms with van der Waals surface area (Å²) in [5.41, 5.74) is 2.83.